The van der Waals surface area contributed by atoms with Crippen LogP contribution in [0.2, 0.25) is 0 Å². The van der Waals surface area contributed by atoms with Gasteiger partial charge in [-0.05, 0) is 5.92 Å². The Bertz CT molecular complexity index is 88.7. The quantitative estimate of drug-likeness (QED) is 0.537. The topological polar surface area (TPSA) is 24.4 Å². The Balaban J connectivity index is 2.29. The van der Waals surface area contributed by atoms with E-state index in [4.69, 9.17) is 0 Å². The summed E-state index contributed by atoms with van der Waals surface area (Å²) in [6.07, 6.45) is 3.03. The summed E-state index contributed by atoms with van der Waals surface area (Å²) in [7, 11) is 0. The Morgan fingerprint density at radius 3 is 2.75 bits per heavy atom. The predicted octanol–water partition coefficient (Wildman–Crippen LogP) is 0.990. The van der Waals surface area contributed by atoms with Crippen molar-refractivity contribution < 1.29 is 0 Å². The number of hydrazone groups is 1. The molecule has 0 spiro atoms. The minimum Gasteiger partial charge on any atom is -0.307 e. The number of rotatable bonds is 1. The summed E-state index contributed by atoms with van der Waals surface area (Å²) < 4.78 is 0. The summed E-state index contributed by atoms with van der Waals surface area (Å²) in [5, 5.41) is 3.91. The van der Waals surface area contributed by atoms with E-state index >= 15 is 0 Å². The van der Waals surface area contributed by atoms with E-state index in [1.54, 1.807) is 0 Å². The maximum absolute atomic E-state index is 3.91. The molecule has 46 valence electrons. The second kappa shape index (κ2) is 2.16. The molecule has 1 aliphatic rings. The van der Waals surface area contributed by atoms with E-state index in [2.05, 4.69) is 24.4 Å². The van der Waals surface area contributed by atoms with Crippen LogP contribution in [-0.4, -0.2) is 12.3 Å². The molecule has 1 N–H and O–H groups in total. The van der Waals surface area contributed by atoms with Crippen molar-refractivity contribution in [3.05, 3.63) is 0 Å². The highest BCUT2D eigenvalue weighted by atomic mass is 15.3. The van der Waals surface area contributed by atoms with E-state index in [-0.39, 0.29) is 0 Å². The van der Waals surface area contributed by atoms with Gasteiger partial charge in [-0.1, -0.05) is 13.8 Å². The van der Waals surface area contributed by atoms with Gasteiger partial charge in [0.1, 0.15) is 0 Å². The Morgan fingerprint density at radius 2 is 2.50 bits per heavy atom. The number of nitrogens with one attached hydrogen (secondary N) is 1. The lowest BCUT2D eigenvalue weighted by Gasteiger charge is -2.12. The second-order valence-corrected chi connectivity index (χ2v) is 2.53. The molecule has 0 bridgehead atoms. The van der Waals surface area contributed by atoms with Gasteiger partial charge in [0.15, 0.2) is 0 Å². The van der Waals surface area contributed by atoms with Crippen molar-refractivity contribution in [2.45, 2.75) is 26.3 Å². The fourth-order valence-corrected chi connectivity index (χ4v) is 0.789. The molecule has 0 aliphatic carbocycles. The molecule has 0 fully saturated rings. The first-order chi connectivity index (χ1) is 3.80. The van der Waals surface area contributed by atoms with Crippen LogP contribution in [-0.2, 0) is 0 Å². The van der Waals surface area contributed by atoms with Gasteiger partial charge < -0.3 is 5.43 Å². The summed E-state index contributed by atoms with van der Waals surface area (Å²) in [5.41, 5.74) is 3.03. The molecule has 2 nitrogen and oxygen atoms in total. The van der Waals surface area contributed by atoms with Gasteiger partial charge >= 0.3 is 0 Å². The van der Waals surface area contributed by atoms with Crippen LogP contribution in [0.5, 0.6) is 0 Å². The van der Waals surface area contributed by atoms with Gasteiger partial charge in [-0.2, -0.15) is 5.10 Å². The Hall–Kier alpha value is -0.530. The molecule has 0 amide bonds. The fourth-order valence-electron chi connectivity index (χ4n) is 0.789. The molecule has 0 saturated carbocycles. The molecule has 2 heteroatoms. The molecule has 0 aromatic carbocycles. The minimum absolute atomic E-state index is 0.593. The van der Waals surface area contributed by atoms with Gasteiger partial charge in [-0.3, -0.25) is 0 Å². The first-order valence-electron chi connectivity index (χ1n) is 3.08. The van der Waals surface area contributed by atoms with Gasteiger partial charge in [0.25, 0.3) is 0 Å². The van der Waals surface area contributed by atoms with E-state index in [9.17, 15) is 0 Å². The maximum atomic E-state index is 3.91. The van der Waals surface area contributed by atoms with Crippen LogP contribution in [0, 0.1) is 5.92 Å². The van der Waals surface area contributed by atoms with E-state index in [1.807, 2.05) is 6.21 Å². The standard InChI is InChI=1S/C6H12N2/c1-5(2)6-3-4-7-8-6/h4-6,8H,3H2,1-2H3. The highest BCUT2D eigenvalue weighted by Gasteiger charge is 2.13. The number of nitrogens with zero attached hydrogens (tertiary/aromatic N) is 1. The van der Waals surface area contributed by atoms with Gasteiger partial charge in [0, 0.05) is 12.6 Å². The van der Waals surface area contributed by atoms with Crippen molar-refractivity contribution in [1.82, 2.24) is 5.43 Å². The van der Waals surface area contributed by atoms with E-state index in [0.29, 0.717) is 12.0 Å². The predicted molar refractivity (Wildman–Crippen MR) is 34.9 cm³/mol. The SMILES string of the molecule is CC(C)C1CC=NN1. The molecule has 1 atom stereocenters. The summed E-state index contributed by atoms with van der Waals surface area (Å²) in [4.78, 5) is 0. The largest absolute Gasteiger partial charge is 0.307 e. The molecule has 0 saturated heterocycles. The third kappa shape index (κ3) is 0.997. The highest BCUT2D eigenvalue weighted by molar-refractivity contribution is 5.59. The maximum Gasteiger partial charge on any atom is 0.0512 e. The molecule has 1 aliphatic heterocycles. The molecule has 1 rings (SSSR count). The zero-order chi connectivity index (χ0) is 5.98. The van der Waals surface area contributed by atoms with Gasteiger partial charge in [0.05, 0.1) is 6.04 Å². The molecule has 8 heavy (non-hydrogen) atoms. The Labute approximate surface area is 50.0 Å². The molecular weight excluding hydrogens is 100 g/mol. The second-order valence-electron chi connectivity index (χ2n) is 2.53. The van der Waals surface area contributed by atoms with Gasteiger partial charge in [0.2, 0.25) is 0 Å². The minimum atomic E-state index is 0.593. The van der Waals surface area contributed by atoms with Crippen molar-refractivity contribution in [2.75, 3.05) is 0 Å². The monoisotopic (exact) mass is 112 g/mol. The molecule has 0 radical (unpaired) electrons. The first-order valence-corrected chi connectivity index (χ1v) is 3.08. The van der Waals surface area contributed by atoms with Crippen molar-refractivity contribution >= 4 is 6.21 Å². The molecule has 1 unspecified atom stereocenters. The van der Waals surface area contributed by atoms with Crippen molar-refractivity contribution in [2.24, 2.45) is 11.0 Å². The number of hydrogen-bond donors (Lipinski definition) is 1. The third-order valence-electron chi connectivity index (χ3n) is 1.50. The van der Waals surface area contributed by atoms with Crippen molar-refractivity contribution in [3.8, 4) is 0 Å². The zero-order valence-electron chi connectivity index (χ0n) is 5.39. The summed E-state index contributed by atoms with van der Waals surface area (Å²) >= 11 is 0. The summed E-state index contributed by atoms with van der Waals surface area (Å²) in [6, 6.07) is 0.593. The van der Waals surface area contributed by atoms with Crippen LogP contribution < -0.4 is 5.43 Å². The lowest BCUT2D eigenvalue weighted by Crippen LogP contribution is -2.24. The highest BCUT2D eigenvalue weighted by Crippen LogP contribution is 2.07. The smallest absolute Gasteiger partial charge is 0.0512 e. The van der Waals surface area contributed by atoms with Gasteiger partial charge in [-0.25, -0.2) is 0 Å². The van der Waals surface area contributed by atoms with Crippen LogP contribution >= 0.6 is 0 Å². The molecule has 0 aromatic heterocycles. The van der Waals surface area contributed by atoms with E-state index in [0.717, 1.165) is 6.42 Å². The van der Waals surface area contributed by atoms with Crippen molar-refractivity contribution in [3.63, 3.8) is 0 Å². The van der Waals surface area contributed by atoms with Crippen LogP contribution in [0.4, 0.5) is 0 Å². The van der Waals surface area contributed by atoms with Crippen LogP contribution in [0.25, 0.3) is 0 Å². The van der Waals surface area contributed by atoms with Gasteiger partial charge in [-0.15, -0.1) is 0 Å². The summed E-state index contributed by atoms with van der Waals surface area (Å²) in [5.74, 6) is 0.706. The van der Waals surface area contributed by atoms with Crippen molar-refractivity contribution in [1.29, 1.82) is 0 Å². The summed E-state index contributed by atoms with van der Waals surface area (Å²) in [6.45, 7) is 4.40. The van der Waals surface area contributed by atoms with Crippen LogP contribution in [0.15, 0.2) is 5.10 Å². The average Bonchev–Trinajstić information content (AvgIpc) is 2.12. The van der Waals surface area contributed by atoms with Crippen LogP contribution in [0.1, 0.15) is 20.3 Å². The molecule has 0 aromatic rings. The Morgan fingerprint density at radius 1 is 1.75 bits per heavy atom. The normalized spacial score (nSPS) is 26.6. The fraction of sp³-hybridized carbons (Fsp3) is 0.833. The lowest BCUT2D eigenvalue weighted by molar-refractivity contribution is 0.443. The van der Waals surface area contributed by atoms with Crippen LogP contribution in [0.3, 0.4) is 0 Å². The lowest BCUT2D eigenvalue weighted by atomic mass is 10.0. The third-order valence-corrected chi connectivity index (χ3v) is 1.50. The average molecular weight is 112 g/mol. The van der Waals surface area contributed by atoms with E-state index < -0.39 is 0 Å². The van der Waals surface area contributed by atoms with E-state index in [1.165, 1.54) is 0 Å². The molecular formula is C6H12N2. The number of hydrogen-bond acceptors (Lipinski definition) is 2. The Kier molecular flexibility index (Phi) is 1.51. The zero-order valence-corrected chi connectivity index (χ0v) is 5.39. The first kappa shape index (κ1) is 5.60. The molecule has 1 heterocycles.